The Hall–Kier alpha value is -7.45. The minimum absolute atomic E-state index is 0.0366. The van der Waals surface area contributed by atoms with Crippen LogP contribution >= 0.6 is 0 Å². The van der Waals surface area contributed by atoms with Crippen molar-refractivity contribution in [2.45, 2.75) is 127 Å². The molecule has 0 bridgehead atoms. The number of carbonyl (C=O) groups excluding carboxylic acids is 7. The summed E-state index contributed by atoms with van der Waals surface area (Å²) in [4.78, 5) is 155. The predicted molar refractivity (Wildman–Crippen MR) is 255 cm³/mol. The van der Waals surface area contributed by atoms with Crippen LogP contribution in [0, 0.1) is 0 Å². The van der Waals surface area contributed by atoms with Crippen LogP contribution in [0.15, 0.2) is 0 Å². The summed E-state index contributed by atoms with van der Waals surface area (Å²) >= 11 is 0. The molecule has 0 aliphatic carbocycles. The van der Waals surface area contributed by atoms with Crippen molar-refractivity contribution in [2.24, 2.45) is 0 Å². The molecular formula is C44H72N8O24. The molecule has 0 saturated carbocycles. The first-order valence-corrected chi connectivity index (χ1v) is 23.8. The second kappa shape index (κ2) is 39.0. The average molecular weight is 1100 g/mol. The number of nitrogens with one attached hydrogen (secondary N) is 8. The van der Waals surface area contributed by atoms with Crippen molar-refractivity contribution in [1.82, 2.24) is 42.5 Å². The number of hydrogen-bond donors (Lipinski definition) is 14. The minimum atomic E-state index is -1.62. The highest BCUT2D eigenvalue weighted by atomic mass is 16.6. The molecule has 0 aliphatic rings. The lowest BCUT2D eigenvalue weighted by Gasteiger charge is -2.21. The highest BCUT2D eigenvalue weighted by molar-refractivity contribution is 5.92. The fraction of sp³-hybridized carbons (Fsp3) is 0.705. The number of ether oxygens (including phenoxy) is 5. The van der Waals surface area contributed by atoms with Gasteiger partial charge in [0, 0.05) is 45.3 Å². The van der Waals surface area contributed by atoms with Crippen molar-refractivity contribution >= 4 is 77.5 Å². The molecule has 32 nitrogen and oxygen atoms in total. The second-order valence-corrected chi connectivity index (χ2v) is 17.3. The Bertz CT molecular complexity index is 1930. The summed E-state index contributed by atoms with van der Waals surface area (Å²) in [5, 5.41) is 73.4. The van der Waals surface area contributed by atoms with Gasteiger partial charge in [-0.3, -0.25) is 43.2 Å². The van der Waals surface area contributed by atoms with E-state index in [0.717, 1.165) is 0 Å². The van der Waals surface area contributed by atoms with Gasteiger partial charge in [-0.2, -0.15) is 0 Å². The van der Waals surface area contributed by atoms with Crippen LogP contribution in [0.25, 0.3) is 0 Å². The Balaban J connectivity index is 5.03. The summed E-state index contributed by atoms with van der Waals surface area (Å²) in [5.74, 6) is -12.7. The summed E-state index contributed by atoms with van der Waals surface area (Å²) in [5.41, 5.74) is -0.718. The lowest BCUT2D eigenvalue weighted by molar-refractivity contribution is -0.144. The van der Waals surface area contributed by atoms with Gasteiger partial charge < -0.3 is 96.9 Å². The summed E-state index contributed by atoms with van der Waals surface area (Å²) in [6.07, 6.45) is -3.80. The van der Waals surface area contributed by atoms with Gasteiger partial charge in [0.05, 0.1) is 39.6 Å². The number of aliphatic carboxylic acids is 6. The standard InChI is InChI=1S/C44H72N8O24/c1-44(2,3)76-43(71)47-15-5-4-6-26(37(63)45-16-18-72-20-22-74-24-31(53)48-27(7-11-33(55)56)38(64)50-29(40(66)67)9-13-35(59)60)52-42(70)46-17-19-73-21-23-75-25-32(54)49-28(8-12-34(57)58)39(65)51-30(41(68)69)10-14-36(61)62/h26-30H,4-25H2,1-3H3,(H,45,63)(H,47,71)(H,48,53)(H,49,54)(H,50,64)(H,51,65)(H,55,56)(H,57,58)(H,59,60)(H,61,62)(H,66,67)(H,68,69)(H2,46,52,70). The first kappa shape index (κ1) is 68.6. The zero-order valence-electron chi connectivity index (χ0n) is 42.5. The zero-order chi connectivity index (χ0) is 57.6. The molecule has 0 aromatic rings. The second-order valence-electron chi connectivity index (χ2n) is 17.3. The molecule has 14 N–H and O–H groups in total. The van der Waals surface area contributed by atoms with E-state index in [1.807, 2.05) is 0 Å². The van der Waals surface area contributed by atoms with Crippen molar-refractivity contribution in [1.29, 1.82) is 0 Å². The van der Waals surface area contributed by atoms with Gasteiger partial charge in [-0.1, -0.05) is 0 Å². The largest absolute Gasteiger partial charge is 0.481 e. The summed E-state index contributed by atoms with van der Waals surface area (Å²) in [6.45, 7) is 3.42. The van der Waals surface area contributed by atoms with Crippen LogP contribution in [0.5, 0.6) is 0 Å². The first-order chi connectivity index (χ1) is 35.7. The topological polar surface area (TPSA) is 486 Å². The molecule has 0 aliphatic heterocycles. The molecule has 0 saturated heterocycles. The number of rotatable bonds is 43. The van der Waals surface area contributed by atoms with Crippen LogP contribution in [-0.2, 0) is 76.4 Å². The summed E-state index contributed by atoms with van der Waals surface area (Å²) in [7, 11) is 0. The number of carbonyl (C=O) groups is 13. The van der Waals surface area contributed by atoms with Gasteiger partial charge in [-0.25, -0.2) is 19.2 Å². The summed E-state index contributed by atoms with van der Waals surface area (Å²) < 4.78 is 26.4. The molecule has 0 radical (unpaired) electrons. The number of carboxylic acid groups (broad SMARTS) is 6. The third kappa shape index (κ3) is 37.3. The van der Waals surface area contributed by atoms with E-state index in [0.29, 0.717) is 12.8 Å². The Morgan fingerprint density at radius 3 is 1.17 bits per heavy atom. The van der Waals surface area contributed by atoms with E-state index in [4.69, 9.17) is 44.1 Å². The number of carboxylic acids is 6. The van der Waals surface area contributed by atoms with Crippen molar-refractivity contribution in [3.05, 3.63) is 0 Å². The van der Waals surface area contributed by atoms with Gasteiger partial charge in [0.15, 0.2) is 0 Å². The highest BCUT2D eigenvalue weighted by Gasteiger charge is 2.29. The van der Waals surface area contributed by atoms with Crippen molar-refractivity contribution in [3.63, 3.8) is 0 Å². The van der Waals surface area contributed by atoms with E-state index in [1.54, 1.807) is 20.8 Å². The molecule has 76 heavy (non-hydrogen) atoms. The monoisotopic (exact) mass is 1100 g/mol. The van der Waals surface area contributed by atoms with Gasteiger partial charge in [0.2, 0.25) is 29.5 Å². The lowest BCUT2D eigenvalue weighted by Crippen LogP contribution is -2.52. The third-order valence-electron chi connectivity index (χ3n) is 9.62. The van der Waals surface area contributed by atoms with Crippen LogP contribution in [0.2, 0.25) is 0 Å². The van der Waals surface area contributed by atoms with E-state index in [2.05, 4.69) is 42.5 Å². The highest BCUT2D eigenvalue weighted by Crippen LogP contribution is 2.08. The van der Waals surface area contributed by atoms with Crippen LogP contribution in [-0.4, -0.2) is 216 Å². The Labute approximate surface area is 435 Å². The molecule has 0 aromatic carbocycles. The number of amides is 8. The van der Waals surface area contributed by atoms with Gasteiger partial charge >= 0.3 is 47.9 Å². The van der Waals surface area contributed by atoms with E-state index >= 15 is 0 Å². The molecular weight excluding hydrogens is 1020 g/mol. The number of hydrogen-bond acceptors (Lipinski definition) is 18. The van der Waals surface area contributed by atoms with Crippen molar-refractivity contribution in [3.8, 4) is 0 Å². The van der Waals surface area contributed by atoms with Gasteiger partial charge in [0.1, 0.15) is 49.0 Å². The maximum atomic E-state index is 13.1. The van der Waals surface area contributed by atoms with E-state index in [1.165, 1.54) is 0 Å². The molecule has 5 unspecified atom stereocenters. The molecule has 0 rings (SSSR count). The molecule has 0 aromatic heterocycles. The Kier molecular flexibility index (Phi) is 35.2. The predicted octanol–water partition coefficient (Wildman–Crippen LogP) is -2.90. The average Bonchev–Trinajstić information content (AvgIpc) is 3.31. The smallest absolute Gasteiger partial charge is 0.407 e. The van der Waals surface area contributed by atoms with Gasteiger partial charge in [-0.05, 0) is 65.7 Å². The maximum absolute atomic E-state index is 13.1. The quantitative estimate of drug-likeness (QED) is 0.0272. The SMILES string of the molecule is CC(C)(C)OC(=O)NCCCCC(NC(=O)NCCOCCOCC(=O)NC(CCC(=O)O)C(=O)NC(CCC(=O)O)C(=O)O)C(=O)NCCOCCOCC(=O)NC(CCC(=O)O)C(=O)NC(CCC(=O)O)C(=O)O. The fourth-order valence-corrected chi connectivity index (χ4v) is 5.97. The molecule has 8 amide bonds. The molecule has 5 atom stereocenters. The molecule has 0 spiro atoms. The van der Waals surface area contributed by atoms with Crippen molar-refractivity contribution < 1.29 is 117 Å². The normalized spacial score (nSPS) is 12.9. The number of unbranched alkanes of at least 4 members (excludes halogenated alkanes) is 1. The first-order valence-electron chi connectivity index (χ1n) is 23.8. The van der Waals surface area contributed by atoms with E-state index in [-0.39, 0.29) is 65.7 Å². The van der Waals surface area contributed by atoms with Crippen LogP contribution in [0.1, 0.15) is 91.4 Å². The third-order valence-corrected chi connectivity index (χ3v) is 9.62. The van der Waals surface area contributed by atoms with Crippen LogP contribution in [0.4, 0.5) is 9.59 Å². The van der Waals surface area contributed by atoms with E-state index in [9.17, 15) is 72.5 Å². The van der Waals surface area contributed by atoms with Crippen molar-refractivity contribution in [2.75, 3.05) is 72.5 Å². The zero-order valence-corrected chi connectivity index (χ0v) is 42.5. The maximum Gasteiger partial charge on any atom is 0.407 e. The number of urea groups is 1. The molecule has 0 fully saturated rings. The molecule has 0 heterocycles. The molecule has 32 heteroatoms. The Morgan fingerprint density at radius 2 is 0.776 bits per heavy atom. The number of alkyl carbamates (subject to hydrolysis) is 1. The van der Waals surface area contributed by atoms with Gasteiger partial charge in [0.25, 0.3) is 0 Å². The minimum Gasteiger partial charge on any atom is -0.481 e. The van der Waals surface area contributed by atoms with Gasteiger partial charge in [-0.15, -0.1) is 0 Å². The summed E-state index contributed by atoms with van der Waals surface area (Å²) in [6, 6.07) is -8.01. The van der Waals surface area contributed by atoms with E-state index < -0.39 is 178 Å². The lowest BCUT2D eigenvalue weighted by atomic mass is 10.1. The fourth-order valence-electron chi connectivity index (χ4n) is 5.97. The molecule has 432 valence electrons. The van der Waals surface area contributed by atoms with Crippen LogP contribution in [0.3, 0.4) is 0 Å². The van der Waals surface area contributed by atoms with Crippen LogP contribution < -0.4 is 42.5 Å². The Morgan fingerprint density at radius 1 is 0.395 bits per heavy atom.